The molecule has 0 bridgehead atoms. The number of phenols is 1. The van der Waals surface area contributed by atoms with E-state index in [9.17, 15) is 20.1 Å². The number of benzene rings is 4. The first-order valence-corrected chi connectivity index (χ1v) is 11.2. The van der Waals surface area contributed by atoms with Gasteiger partial charge in [-0.05, 0) is 56.8 Å². The Labute approximate surface area is 197 Å². The topological polar surface area (TPSA) is 99.0 Å². The van der Waals surface area contributed by atoms with Crippen LogP contribution in [0.25, 0.3) is 21.9 Å². The molecule has 34 heavy (non-hydrogen) atoms. The van der Waals surface area contributed by atoms with Crippen LogP contribution in [0, 0.1) is 0 Å². The fraction of sp³-hybridized carbons (Fsp3) is 0.179. The van der Waals surface area contributed by atoms with Crippen LogP contribution in [-0.4, -0.2) is 40.7 Å². The third kappa shape index (κ3) is 4.21. The third-order valence-electron chi connectivity index (χ3n) is 6.35. The fourth-order valence-electron chi connectivity index (χ4n) is 4.61. The van der Waals surface area contributed by atoms with Crippen molar-refractivity contribution in [3.8, 4) is 16.9 Å². The number of carbonyl (C=O) groups excluding carboxylic acids is 1. The Morgan fingerprint density at radius 3 is 2.18 bits per heavy atom. The molecule has 6 nitrogen and oxygen atoms in total. The fourth-order valence-corrected chi connectivity index (χ4v) is 4.61. The molecule has 0 aliphatic heterocycles. The van der Waals surface area contributed by atoms with E-state index in [1.807, 2.05) is 36.4 Å². The van der Waals surface area contributed by atoms with Gasteiger partial charge < -0.3 is 25.4 Å². The van der Waals surface area contributed by atoms with Crippen molar-refractivity contribution in [3.05, 3.63) is 102 Å². The highest BCUT2D eigenvalue weighted by Crippen LogP contribution is 2.44. The number of aromatic hydroxyl groups is 1. The standard InChI is InChI=1S/C28H25NO5/c30-20-12-11-17-13-19(10-9-18(17)14-20)27(32)26(31)15-29-28(33)34-16-25-23-7-3-1-5-21(23)22-6-2-4-8-24(22)25/h1-14,25-27,30-32H,15-16H2,(H,29,33). The van der Waals surface area contributed by atoms with Gasteiger partial charge >= 0.3 is 6.09 Å². The molecule has 172 valence electrons. The number of amides is 1. The predicted octanol–water partition coefficient (Wildman–Crippen LogP) is 4.48. The number of phenolic OH excluding ortho intramolecular Hbond substituents is 1. The van der Waals surface area contributed by atoms with Gasteiger partial charge in [0.1, 0.15) is 24.6 Å². The molecule has 6 heteroatoms. The number of aliphatic hydroxyl groups is 2. The molecule has 1 amide bonds. The highest BCUT2D eigenvalue weighted by atomic mass is 16.5. The Morgan fingerprint density at radius 2 is 1.47 bits per heavy atom. The maximum absolute atomic E-state index is 12.3. The highest BCUT2D eigenvalue weighted by molar-refractivity contribution is 5.84. The summed E-state index contributed by atoms with van der Waals surface area (Å²) in [7, 11) is 0. The summed E-state index contributed by atoms with van der Waals surface area (Å²) in [5.74, 6) is 0.110. The summed E-state index contributed by atoms with van der Waals surface area (Å²) in [6, 6.07) is 26.3. The lowest BCUT2D eigenvalue weighted by Crippen LogP contribution is -2.36. The number of hydrogen-bond acceptors (Lipinski definition) is 5. The van der Waals surface area contributed by atoms with Gasteiger partial charge in [0.05, 0.1) is 0 Å². The van der Waals surface area contributed by atoms with Crippen molar-refractivity contribution in [2.45, 2.75) is 18.1 Å². The maximum atomic E-state index is 12.3. The zero-order valence-electron chi connectivity index (χ0n) is 18.4. The number of hydrogen-bond donors (Lipinski definition) is 4. The minimum atomic E-state index is -1.21. The second-order valence-electron chi connectivity index (χ2n) is 8.51. The van der Waals surface area contributed by atoms with Gasteiger partial charge in [-0.1, -0.05) is 66.7 Å². The van der Waals surface area contributed by atoms with E-state index < -0.39 is 18.3 Å². The second kappa shape index (κ2) is 9.17. The number of ether oxygens (including phenoxy) is 1. The van der Waals surface area contributed by atoms with E-state index in [-0.39, 0.29) is 24.8 Å². The molecule has 0 heterocycles. The van der Waals surface area contributed by atoms with Crippen LogP contribution >= 0.6 is 0 Å². The van der Waals surface area contributed by atoms with Crippen LogP contribution in [0.4, 0.5) is 4.79 Å². The van der Waals surface area contributed by atoms with E-state index >= 15 is 0 Å². The van der Waals surface area contributed by atoms with Crippen molar-refractivity contribution in [2.75, 3.05) is 13.2 Å². The van der Waals surface area contributed by atoms with Crippen molar-refractivity contribution >= 4 is 16.9 Å². The lowest BCUT2D eigenvalue weighted by Gasteiger charge is -2.20. The van der Waals surface area contributed by atoms with Crippen LogP contribution in [0.3, 0.4) is 0 Å². The number of aliphatic hydroxyl groups excluding tert-OH is 2. The molecule has 2 atom stereocenters. The molecule has 0 radical (unpaired) electrons. The first-order valence-electron chi connectivity index (χ1n) is 11.2. The first kappa shape index (κ1) is 21.9. The Hall–Kier alpha value is -3.87. The summed E-state index contributed by atoms with van der Waals surface area (Å²) in [6.45, 7) is 0.0154. The summed E-state index contributed by atoms with van der Waals surface area (Å²) in [4.78, 5) is 12.3. The van der Waals surface area contributed by atoms with Crippen LogP contribution in [0.2, 0.25) is 0 Å². The van der Waals surface area contributed by atoms with Crippen LogP contribution < -0.4 is 5.32 Å². The molecule has 4 aromatic rings. The molecule has 0 saturated carbocycles. The molecule has 0 aromatic heterocycles. The van der Waals surface area contributed by atoms with E-state index in [2.05, 4.69) is 17.4 Å². The van der Waals surface area contributed by atoms with Gasteiger partial charge in [0.15, 0.2) is 0 Å². The quantitative estimate of drug-likeness (QED) is 0.344. The average molecular weight is 456 g/mol. The molecule has 0 saturated heterocycles. The molecule has 4 aromatic carbocycles. The number of fused-ring (bicyclic) bond motifs is 4. The van der Waals surface area contributed by atoms with Gasteiger partial charge in [0, 0.05) is 12.5 Å². The van der Waals surface area contributed by atoms with E-state index in [0.717, 1.165) is 33.0 Å². The molecular weight excluding hydrogens is 430 g/mol. The normalized spacial score (nSPS) is 14.3. The molecule has 0 fully saturated rings. The third-order valence-corrected chi connectivity index (χ3v) is 6.35. The Morgan fingerprint density at radius 1 is 0.853 bits per heavy atom. The van der Waals surface area contributed by atoms with Crippen molar-refractivity contribution < 1.29 is 24.9 Å². The van der Waals surface area contributed by atoms with Crippen molar-refractivity contribution in [1.29, 1.82) is 0 Å². The molecule has 0 spiro atoms. The van der Waals surface area contributed by atoms with E-state index in [1.54, 1.807) is 36.4 Å². The maximum Gasteiger partial charge on any atom is 0.407 e. The SMILES string of the molecule is O=C(NCC(O)C(O)c1ccc2cc(O)ccc2c1)OCC1c2ccccc2-c2ccccc21. The number of rotatable bonds is 6. The van der Waals surface area contributed by atoms with Crippen LogP contribution in [0.1, 0.15) is 28.7 Å². The Bertz CT molecular complexity index is 1310. The molecule has 1 aliphatic carbocycles. The molecule has 5 rings (SSSR count). The summed E-state index contributed by atoms with van der Waals surface area (Å²) in [5, 5.41) is 34.7. The molecule has 4 N–H and O–H groups in total. The lowest BCUT2D eigenvalue weighted by atomic mass is 9.98. The van der Waals surface area contributed by atoms with Gasteiger partial charge in [0.2, 0.25) is 0 Å². The number of carbonyl (C=O) groups is 1. The van der Waals surface area contributed by atoms with E-state index in [1.165, 1.54) is 0 Å². The summed E-state index contributed by atoms with van der Waals surface area (Å²) in [5.41, 5.74) is 5.06. The smallest absolute Gasteiger partial charge is 0.407 e. The first-order chi connectivity index (χ1) is 16.5. The van der Waals surface area contributed by atoms with Gasteiger partial charge in [-0.2, -0.15) is 0 Å². The molecule has 2 unspecified atom stereocenters. The zero-order chi connectivity index (χ0) is 23.7. The molecule has 1 aliphatic rings. The summed E-state index contributed by atoms with van der Waals surface area (Å²) < 4.78 is 5.48. The zero-order valence-corrected chi connectivity index (χ0v) is 18.4. The van der Waals surface area contributed by atoms with Gasteiger partial charge in [-0.15, -0.1) is 0 Å². The lowest BCUT2D eigenvalue weighted by molar-refractivity contribution is 0.0186. The minimum Gasteiger partial charge on any atom is -0.508 e. The monoisotopic (exact) mass is 455 g/mol. The van der Waals surface area contributed by atoms with E-state index in [4.69, 9.17) is 4.74 Å². The number of nitrogens with one attached hydrogen (secondary N) is 1. The molecular formula is C28H25NO5. The van der Waals surface area contributed by atoms with Crippen molar-refractivity contribution in [1.82, 2.24) is 5.32 Å². The van der Waals surface area contributed by atoms with Crippen molar-refractivity contribution in [3.63, 3.8) is 0 Å². The average Bonchev–Trinajstić information content (AvgIpc) is 3.19. The minimum absolute atomic E-state index is 0.0503. The van der Waals surface area contributed by atoms with Crippen LogP contribution in [-0.2, 0) is 4.74 Å². The van der Waals surface area contributed by atoms with Gasteiger partial charge in [-0.3, -0.25) is 0 Å². The second-order valence-corrected chi connectivity index (χ2v) is 8.51. The van der Waals surface area contributed by atoms with Crippen LogP contribution in [0.15, 0.2) is 84.9 Å². The Balaban J connectivity index is 1.19. The summed E-state index contributed by atoms with van der Waals surface area (Å²) >= 11 is 0. The number of alkyl carbamates (subject to hydrolysis) is 1. The van der Waals surface area contributed by atoms with Crippen LogP contribution in [0.5, 0.6) is 5.75 Å². The predicted molar refractivity (Wildman–Crippen MR) is 130 cm³/mol. The Kier molecular flexibility index (Phi) is 5.92. The van der Waals surface area contributed by atoms with Gasteiger partial charge in [-0.25, -0.2) is 4.79 Å². The highest BCUT2D eigenvalue weighted by Gasteiger charge is 2.29. The van der Waals surface area contributed by atoms with Crippen molar-refractivity contribution in [2.24, 2.45) is 0 Å². The van der Waals surface area contributed by atoms with E-state index in [0.29, 0.717) is 5.56 Å². The van der Waals surface area contributed by atoms with Gasteiger partial charge in [0.25, 0.3) is 0 Å². The largest absolute Gasteiger partial charge is 0.508 e. The summed E-state index contributed by atoms with van der Waals surface area (Å²) in [6.07, 6.45) is -3.05.